The van der Waals surface area contributed by atoms with Gasteiger partial charge in [0.05, 0.1) is 27.7 Å². The van der Waals surface area contributed by atoms with Crippen LogP contribution in [0, 0.1) is 0 Å². The number of carbonyl (C=O) groups is 2. The standard InChI is InChI=1S/C23H18BrClN4O5S2/c1-34-23(31)18(12-14-6-8-20(24)35-14)28-22(30)15-7-5-13(25)11-17(15)29-36(32,33)19-4-2-3-16-21(19)27-10-9-26-16/h2-11,18,29H,12H2,1H3,(H,28,30)/t18-/m0/s1. The van der Waals surface area contributed by atoms with Gasteiger partial charge in [0, 0.05) is 28.7 Å². The van der Waals surface area contributed by atoms with Crippen LogP contribution >= 0.6 is 38.9 Å². The van der Waals surface area contributed by atoms with Gasteiger partial charge in [-0.2, -0.15) is 0 Å². The number of esters is 1. The van der Waals surface area contributed by atoms with Gasteiger partial charge in [0.1, 0.15) is 16.5 Å². The van der Waals surface area contributed by atoms with Gasteiger partial charge < -0.3 is 10.1 Å². The molecule has 0 unspecified atom stereocenters. The molecule has 2 aromatic heterocycles. The summed E-state index contributed by atoms with van der Waals surface area (Å²) < 4.78 is 34.7. The molecule has 13 heteroatoms. The molecule has 0 spiro atoms. The van der Waals surface area contributed by atoms with Crippen molar-refractivity contribution in [2.45, 2.75) is 17.4 Å². The number of aromatic nitrogens is 2. The molecule has 4 rings (SSSR count). The summed E-state index contributed by atoms with van der Waals surface area (Å²) in [6.45, 7) is 0. The number of nitrogens with one attached hydrogen (secondary N) is 2. The second kappa shape index (κ2) is 10.9. The average molecular weight is 610 g/mol. The fraction of sp³-hybridized carbons (Fsp3) is 0.130. The van der Waals surface area contributed by atoms with Gasteiger partial charge in [0.2, 0.25) is 0 Å². The van der Waals surface area contributed by atoms with E-state index < -0.39 is 27.9 Å². The number of benzene rings is 2. The molecule has 0 saturated carbocycles. The number of hydrogen-bond donors (Lipinski definition) is 2. The zero-order valence-electron chi connectivity index (χ0n) is 18.6. The van der Waals surface area contributed by atoms with Crippen molar-refractivity contribution in [1.29, 1.82) is 0 Å². The van der Waals surface area contributed by atoms with Crippen LogP contribution in [0.1, 0.15) is 15.2 Å². The number of fused-ring (bicyclic) bond motifs is 1. The highest BCUT2D eigenvalue weighted by Crippen LogP contribution is 2.27. The molecule has 2 heterocycles. The lowest BCUT2D eigenvalue weighted by Crippen LogP contribution is -2.43. The molecule has 2 N–H and O–H groups in total. The monoisotopic (exact) mass is 608 g/mol. The zero-order valence-corrected chi connectivity index (χ0v) is 22.5. The molecular weight excluding hydrogens is 592 g/mol. The van der Waals surface area contributed by atoms with Gasteiger partial charge in [0.15, 0.2) is 0 Å². The van der Waals surface area contributed by atoms with Crippen LogP contribution in [-0.4, -0.2) is 43.4 Å². The Morgan fingerprint density at radius 3 is 2.64 bits per heavy atom. The maximum atomic E-state index is 13.3. The lowest BCUT2D eigenvalue weighted by atomic mass is 10.1. The molecule has 0 saturated heterocycles. The number of thiophene rings is 1. The summed E-state index contributed by atoms with van der Waals surface area (Å²) in [6, 6.07) is 11.4. The predicted molar refractivity (Wildman–Crippen MR) is 141 cm³/mol. The van der Waals surface area contributed by atoms with Crippen LogP contribution < -0.4 is 10.0 Å². The maximum Gasteiger partial charge on any atom is 0.328 e. The Morgan fingerprint density at radius 2 is 1.92 bits per heavy atom. The van der Waals surface area contributed by atoms with E-state index in [0.29, 0.717) is 5.52 Å². The van der Waals surface area contributed by atoms with E-state index in [9.17, 15) is 18.0 Å². The van der Waals surface area contributed by atoms with Crippen LogP contribution in [-0.2, 0) is 26.0 Å². The van der Waals surface area contributed by atoms with Crippen molar-refractivity contribution in [2.75, 3.05) is 11.8 Å². The van der Waals surface area contributed by atoms with Crippen molar-refractivity contribution >= 4 is 77.5 Å². The molecule has 36 heavy (non-hydrogen) atoms. The molecule has 1 amide bonds. The van der Waals surface area contributed by atoms with Crippen LogP contribution in [0.3, 0.4) is 0 Å². The van der Waals surface area contributed by atoms with E-state index in [0.717, 1.165) is 8.66 Å². The molecule has 1 atom stereocenters. The average Bonchev–Trinajstić information content (AvgIpc) is 3.26. The van der Waals surface area contributed by atoms with E-state index in [1.807, 2.05) is 12.1 Å². The predicted octanol–water partition coefficient (Wildman–Crippen LogP) is 4.42. The number of para-hydroxylation sites is 1. The smallest absolute Gasteiger partial charge is 0.328 e. The SMILES string of the molecule is COC(=O)[C@H](Cc1ccc(Br)s1)NC(=O)c1ccc(Cl)cc1NS(=O)(=O)c1cccc2nccnc12. The number of amides is 1. The molecule has 0 bridgehead atoms. The van der Waals surface area contributed by atoms with Gasteiger partial charge in [-0.3, -0.25) is 19.5 Å². The first-order chi connectivity index (χ1) is 17.2. The normalized spacial score (nSPS) is 12.2. The summed E-state index contributed by atoms with van der Waals surface area (Å²) in [5.41, 5.74) is 0.470. The lowest BCUT2D eigenvalue weighted by Gasteiger charge is -2.18. The highest BCUT2D eigenvalue weighted by atomic mass is 79.9. The summed E-state index contributed by atoms with van der Waals surface area (Å²) in [5.74, 6) is -1.33. The van der Waals surface area contributed by atoms with Crippen LogP contribution in [0.2, 0.25) is 5.02 Å². The minimum atomic E-state index is -4.19. The number of carbonyl (C=O) groups excluding carboxylic acids is 2. The molecule has 0 aliphatic carbocycles. The van der Waals surface area contributed by atoms with Crippen molar-refractivity contribution in [3.63, 3.8) is 0 Å². The van der Waals surface area contributed by atoms with E-state index in [1.165, 1.54) is 55.1 Å². The number of anilines is 1. The number of halogens is 2. The first kappa shape index (κ1) is 26.0. The Balaban J connectivity index is 1.65. The van der Waals surface area contributed by atoms with Crippen LogP contribution in [0.4, 0.5) is 5.69 Å². The highest BCUT2D eigenvalue weighted by Gasteiger charge is 2.26. The van der Waals surface area contributed by atoms with Gasteiger partial charge in [-0.25, -0.2) is 13.2 Å². The Morgan fingerprint density at radius 1 is 1.14 bits per heavy atom. The van der Waals surface area contributed by atoms with E-state index in [-0.39, 0.29) is 33.1 Å². The quantitative estimate of drug-likeness (QED) is 0.283. The third kappa shape index (κ3) is 5.84. The second-order valence-electron chi connectivity index (χ2n) is 7.43. The molecule has 4 aromatic rings. The first-order valence-corrected chi connectivity index (χ1v) is 13.8. The molecule has 9 nitrogen and oxygen atoms in total. The number of rotatable bonds is 8. The number of nitrogens with zero attached hydrogens (tertiary/aromatic N) is 2. The fourth-order valence-electron chi connectivity index (χ4n) is 3.42. The van der Waals surface area contributed by atoms with Crippen molar-refractivity contribution < 1.29 is 22.7 Å². The van der Waals surface area contributed by atoms with Crippen molar-refractivity contribution in [2.24, 2.45) is 0 Å². The Labute approximate surface area is 224 Å². The van der Waals surface area contributed by atoms with Crippen LogP contribution in [0.15, 0.2) is 69.6 Å². The van der Waals surface area contributed by atoms with Gasteiger partial charge in [-0.05, 0) is 58.4 Å². The zero-order chi connectivity index (χ0) is 25.9. The van der Waals surface area contributed by atoms with Crippen molar-refractivity contribution in [1.82, 2.24) is 15.3 Å². The molecule has 0 radical (unpaired) electrons. The highest BCUT2D eigenvalue weighted by molar-refractivity contribution is 9.11. The Bertz CT molecular complexity index is 1560. The van der Waals surface area contributed by atoms with E-state index in [2.05, 4.69) is 35.9 Å². The van der Waals surface area contributed by atoms with Gasteiger partial charge in [0.25, 0.3) is 15.9 Å². The van der Waals surface area contributed by atoms with Gasteiger partial charge >= 0.3 is 5.97 Å². The summed E-state index contributed by atoms with van der Waals surface area (Å²) in [7, 11) is -2.97. The minimum absolute atomic E-state index is 0.0319. The van der Waals surface area contributed by atoms with Crippen molar-refractivity contribution in [3.05, 3.63) is 80.2 Å². The van der Waals surface area contributed by atoms with Crippen LogP contribution in [0.25, 0.3) is 11.0 Å². The van der Waals surface area contributed by atoms with Crippen LogP contribution in [0.5, 0.6) is 0 Å². The van der Waals surface area contributed by atoms with E-state index >= 15 is 0 Å². The van der Waals surface area contributed by atoms with Crippen molar-refractivity contribution in [3.8, 4) is 0 Å². The number of hydrogen-bond acceptors (Lipinski definition) is 8. The van der Waals surface area contributed by atoms with E-state index in [4.69, 9.17) is 16.3 Å². The third-order valence-electron chi connectivity index (χ3n) is 5.05. The third-order valence-corrected chi connectivity index (χ3v) is 8.33. The van der Waals surface area contributed by atoms with Gasteiger partial charge in [-0.1, -0.05) is 17.7 Å². The lowest BCUT2D eigenvalue weighted by molar-refractivity contribution is -0.142. The summed E-state index contributed by atoms with van der Waals surface area (Å²) in [6.07, 6.45) is 3.04. The van der Waals surface area contributed by atoms with E-state index in [1.54, 1.807) is 12.1 Å². The summed E-state index contributed by atoms with van der Waals surface area (Å²) >= 11 is 10.9. The molecule has 0 aliphatic heterocycles. The maximum absolute atomic E-state index is 13.3. The second-order valence-corrected chi connectivity index (χ2v) is 12.1. The molecule has 2 aromatic carbocycles. The number of ether oxygens (including phenoxy) is 1. The minimum Gasteiger partial charge on any atom is -0.467 e. The summed E-state index contributed by atoms with van der Waals surface area (Å²) in [5, 5.41) is 2.84. The number of methoxy groups -OCH3 is 1. The Hall–Kier alpha value is -3.06. The largest absolute Gasteiger partial charge is 0.467 e. The fourth-order valence-corrected chi connectivity index (χ4v) is 6.35. The molecule has 186 valence electrons. The summed E-state index contributed by atoms with van der Waals surface area (Å²) in [4.78, 5) is 34.6. The molecule has 0 fully saturated rings. The number of sulfonamides is 1. The Kier molecular flexibility index (Phi) is 7.88. The molecule has 0 aliphatic rings. The van der Waals surface area contributed by atoms with Gasteiger partial charge in [-0.15, -0.1) is 11.3 Å². The topological polar surface area (TPSA) is 127 Å². The first-order valence-electron chi connectivity index (χ1n) is 10.3. The molecular formula is C23H18BrClN4O5S2.